The molecule has 16 heavy (non-hydrogen) atoms. The van der Waals surface area contributed by atoms with Gasteiger partial charge in [-0.2, -0.15) is 0 Å². The van der Waals surface area contributed by atoms with Crippen molar-refractivity contribution in [3.63, 3.8) is 0 Å². The zero-order chi connectivity index (χ0) is 11.5. The van der Waals surface area contributed by atoms with Gasteiger partial charge in [-0.3, -0.25) is 9.69 Å². The summed E-state index contributed by atoms with van der Waals surface area (Å²) in [4.78, 5) is 13.5. The van der Waals surface area contributed by atoms with Gasteiger partial charge in [0.1, 0.15) is 0 Å². The van der Waals surface area contributed by atoms with E-state index in [2.05, 4.69) is 17.1 Å². The molecule has 1 amide bonds. The number of carbonyl (C=O) groups excluding carboxylic acids is 1. The van der Waals surface area contributed by atoms with Gasteiger partial charge in [0.25, 0.3) is 0 Å². The summed E-state index contributed by atoms with van der Waals surface area (Å²) in [5.41, 5.74) is 1.19. The molecule has 0 radical (unpaired) electrons. The van der Waals surface area contributed by atoms with Crippen LogP contribution in [0, 0.1) is 0 Å². The van der Waals surface area contributed by atoms with Crippen LogP contribution in [0.2, 0.25) is 5.02 Å². The summed E-state index contributed by atoms with van der Waals surface area (Å²) in [6.45, 7) is 4.22. The number of halogens is 1. The summed E-state index contributed by atoms with van der Waals surface area (Å²) in [5.74, 6) is 0.104. The van der Waals surface area contributed by atoms with E-state index in [9.17, 15) is 4.79 Å². The maximum atomic E-state index is 11.3. The van der Waals surface area contributed by atoms with Gasteiger partial charge >= 0.3 is 0 Å². The third kappa shape index (κ3) is 2.54. The zero-order valence-electron chi connectivity index (χ0n) is 9.24. The Kier molecular flexibility index (Phi) is 3.46. The third-order valence-corrected chi connectivity index (χ3v) is 3.22. The molecular formula is C12H15ClN2O. The van der Waals surface area contributed by atoms with E-state index < -0.39 is 0 Å². The molecule has 1 aromatic carbocycles. The van der Waals surface area contributed by atoms with Crippen LogP contribution in [-0.4, -0.2) is 30.4 Å². The van der Waals surface area contributed by atoms with Crippen LogP contribution < -0.4 is 5.32 Å². The molecule has 1 heterocycles. The topological polar surface area (TPSA) is 32.3 Å². The number of rotatable bonds is 2. The maximum absolute atomic E-state index is 11.3. The van der Waals surface area contributed by atoms with Gasteiger partial charge in [-0.15, -0.1) is 0 Å². The van der Waals surface area contributed by atoms with Gasteiger partial charge in [0.05, 0.1) is 6.54 Å². The lowest BCUT2D eigenvalue weighted by Gasteiger charge is -2.32. The van der Waals surface area contributed by atoms with Gasteiger partial charge in [-0.1, -0.05) is 23.7 Å². The Morgan fingerprint density at radius 3 is 2.69 bits per heavy atom. The molecule has 0 bridgehead atoms. The van der Waals surface area contributed by atoms with Crippen molar-refractivity contribution in [3.8, 4) is 0 Å². The summed E-state index contributed by atoms with van der Waals surface area (Å²) >= 11 is 5.85. The van der Waals surface area contributed by atoms with E-state index in [1.807, 2.05) is 24.3 Å². The van der Waals surface area contributed by atoms with E-state index in [1.54, 1.807) is 0 Å². The lowest BCUT2D eigenvalue weighted by atomic mass is 10.1. The molecule has 2 rings (SSSR count). The normalized spacial score (nSPS) is 19.2. The number of amides is 1. The number of hydrogen-bond acceptors (Lipinski definition) is 2. The highest BCUT2D eigenvalue weighted by atomic mass is 35.5. The summed E-state index contributed by atoms with van der Waals surface area (Å²) in [6, 6.07) is 8.05. The van der Waals surface area contributed by atoms with Crippen LogP contribution in [0.4, 0.5) is 0 Å². The Balaban J connectivity index is 2.08. The first-order valence-electron chi connectivity index (χ1n) is 5.43. The first-order chi connectivity index (χ1) is 7.66. The van der Waals surface area contributed by atoms with Gasteiger partial charge in [-0.05, 0) is 24.6 Å². The van der Waals surface area contributed by atoms with Crippen molar-refractivity contribution < 1.29 is 4.79 Å². The Morgan fingerprint density at radius 1 is 1.38 bits per heavy atom. The highest BCUT2D eigenvalue weighted by Crippen LogP contribution is 2.22. The predicted octanol–water partition coefficient (Wildman–Crippen LogP) is 1.83. The first-order valence-corrected chi connectivity index (χ1v) is 5.81. The second-order valence-corrected chi connectivity index (χ2v) is 4.48. The van der Waals surface area contributed by atoms with E-state index in [-0.39, 0.29) is 11.9 Å². The first kappa shape index (κ1) is 11.4. The Hall–Kier alpha value is -1.06. The van der Waals surface area contributed by atoms with Crippen molar-refractivity contribution in [2.24, 2.45) is 0 Å². The van der Waals surface area contributed by atoms with Crippen LogP contribution in [0.1, 0.15) is 18.5 Å². The number of hydrogen-bond donors (Lipinski definition) is 1. The van der Waals surface area contributed by atoms with Gasteiger partial charge in [0, 0.05) is 24.2 Å². The number of benzene rings is 1. The fourth-order valence-corrected chi connectivity index (χ4v) is 2.07. The molecule has 0 aromatic heterocycles. The Labute approximate surface area is 100 Å². The average Bonchev–Trinajstić information content (AvgIpc) is 2.29. The summed E-state index contributed by atoms with van der Waals surface area (Å²) in [5, 5.41) is 3.57. The van der Waals surface area contributed by atoms with Crippen molar-refractivity contribution in [2.75, 3.05) is 19.6 Å². The molecule has 1 N–H and O–H groups in total. The molecule has 1 aliphatic rings. The lowest BCUT2D eigenvalue weighted by molar-refractivity contribution is -0.124. The van der Waals surface area contributed by atoms with E-state index in [0.717, 1.165) is 18.1 Å². The molecule has 1 atom stereocenters. The fourth-order valence-electron chi connectivity index (χ4n) is 1.94. The van der Waals surface area contributed by atoms with Crippen molar-refractivity contribution in [1.82, 2.24) is 10.2 Å². The molecule has 0 saturated carbocycles. The van der Waals surface area contributed by atoms with Crippen LogP contribution in [0.15, 0.2) is 24.3 Å². The highest BCUT2D eigenvalue weighted by molar-refractivity contribution is 6.30. The standard InChI is InChI=1S/C12H15ClN2O/c1-9(10-2-4-11(13)5-3-10)15-7-6-14-12(16)8-15/h2-5,9H,6-8H2,1H3,(H,14,16). The van der Waals surface area contributed by atoms with Crippen LogP contribution in [0.25, 0.3) is 0 Å². The highest BCUT2D eigenvalue weighted by Gasteiger charge is 2.21. The summed E-state index contributed by atoms with van der Waals surface area (Å²) < 4.78 is 0. The molecule has 1 saturated heterocycles. The predicted molar refractivity (Wildman–Crippen MR) is 64.4 cm³/mol. The number of nitrogens with zero attached hydrogens (tertiary/aromatic N) is 1. The second kappa shape index (κ2) is 4.85. The summed E-state index contributed by atoms with van der Waals surface area (Å²) in [7, 11) is 0. The maximum Gasteiger partial charge on any atom is 0.234 e. The molecule has 1 aromatic rings. The van der Waals surface area contributed by atoms with Crippen LogP contribution >= 0.6 is 11.6 Å². The molecule has 0 spiro atoms. The molecule has 86 valence electrons. The van der Waals surface area contributed by atoms with E-state index in [4.69, 9.17) is 11.6 Å². The van der Waals surface area contributed by atoms with Crippen LogP contribution in [0.3, 0.4) is 0 Å². The quantitative estimate of drug-likeness (QED) is 0.853. The van der Waals surface area contributed by atoms with Gasteiger partial charge < -0.3 is 5.32 Å². The average molecular weight is 239 g/mol. The van der Waals surface area contributed by atoms with E-state index in [1.165, 1.54) is 5.56 Å². The minimum atomic E-state index is 0.104. The molecule has 3 nitrogen and oxygen atoms in total. The number of piperazine rings is 1. The monoisotopic (exact) mass is 238 g/mol. The summed E-state index contributed by atoms with van der Waals surface area (Å²) in [6.07, 6.45) is 0. The minimum Gasteiger partial charge on any atom is -0.354 e. The number of nitrogens with one attached hydrogen (secondary N) is 1. The SMILES string of the molecule is CC(c1ccc(Cl)cc1)N1CCNC(=O)C1. The van der Waals surface area contributed by atoms with Gasteiger partial charge in [0.15, 0.2) is 0 Å². The van der Waals surface area contributed by atoms with Crippen molar-refractivity contribution in [1.29, 1.82) is 0 Å². The molecule has 1 aliphatic heterocycles. The van der Waals surface area contributed by atoms with Crippen molar-refractivity contribution >= 4 is 17.5 Å². The second-order valence-electron chi connectivity index (χ2n) is 4.05. The van der Waals surface area contributed by atoms with Crippen molar-refractivity contribution in [2.45, 2.75) is 13.0 Å². The van der Waals surface area contributed by atoms with E-state index in [0.29, 0.717) is 6.54 Å². The van der Waals surface area contributed by atoms with E-state index >= 15 is 0 Å². The Morgan fingerprint density at radius 2 is 2.06 bits per heavy atom. The number of carbonyl (C=O) groups is 1. The fraction of sp³-hybridized carbons (Fsp3) is 0.417. The lowest BCUT2D eigenvalue weighted by Crippen LogP contribution is -2.48. The minimum absolute atomic E-state index is 0.104. The van der Waals surface area contributed by atoms with Crippen LogP contribution in [-0.2, 0) is 4.79 Å². The molecule has 1 fully saturated rings. The Bertz CT molecular complexity index is 377. The molecule has 4 heteroatoms. The molecule has 0 aliphatic carbocycles. The molecule has 1 unspecified atom stereocenters. The van der Waals surface area contributed by atoms with Gasteiger partial charge in [-0.25, -0.2) is 0 Å². The van der Waals surface area contributed by atoms with Crippen molar-refractivity contribution in [3.05, 3.63) is 34.9 Å². The van der Waals surface area contributed by atoms with Gasteiger partial charge in [0.2, 0.25) is 5.91 Å². The third-order valence-electron chi connectivity index (χ3n) is 2.97. The van der Waals surface area contributed by atoms with Crippen LogP contribution in [0.5, 0.6) is 0 Å². The smallest absolute Gasteiger partial charge is 0.234 e. The largest absolute Gasteiger partial charge is 0.354 e. The zero-order valence-corrected chi connectivity index (χ0v) is 10.00. The molecular weight excluding hydrogens is 224 g/mol.